The van der Waals surface area contributed by atoms with Crippen LogP contribution >= 0.6 is 22.7 Å². The number of aryl methyl sites for hydroxylation is 1. The summed E-state index contributed by atoms with van der Waals surface area (Å²) in [7, 11) is 0. The highest BCUT2D eigenvalue weighted by molar-refractivity contribution is 7.20. The normalized spacial score (nSPS) is 10.4. The van der Waals surface area contributed by atoms with E-state index in [1.807, 2.05) is 18.4 Å². The lowest BCUT2D eigenvalue weighted by molar-refractivity contribution is 0.0691. The van der Waals surface area contributed by atoms with Crippen LogP contribution in [0.2, 0.25) is 0 Å². The van der Waals surface area contributed by atoms with E-state index in [1.54, 1.807) is 16.7 Å². The summed E-state index contributed by atoms with van der Waals surface area (Å²) < 4.78 is 0. The molecule has 72 valence electrons. The molecule has 0 amide bonds. The van der Waals surface area contributed by atoms with E-state index < -0.39 is 5.97 Å². The van der Waals surface area contributed by atoms with E-state index in [1.165, 1.54) is 11.3 Å². The Balaban J connectivity index is 2.43. The molecule has 5 heteroatoms. The number of carboxylic acid groups (broad SMARTS) is 1. The summed E-state index contributed by atoms with van der Waals surface area (Å²) in [6.45, 7) is 1.99. The number of aromatic nitrogens is 1. The molecular formula is C9H7NO2S2. The van der Waals surface area contributed by atoms with Crippen LogP contribution in [0, 0.1) is 6.92 Å². The maximum Gasteiger partial charge on any atom is 0.355 e. The van der Waals surface area contributed by atoms with Crippen LogP contribution in [0.25, 0.3) is 9.88 Å². The van der Waals surface area contributed by atoms with Crippen LogP contribution in [0.15, 0.2) is 16.8 Å². The monoisotopic (exact) mass is 225 g/mol. The van der Waals surface area contributed by atoms with Crippen LogP contribution in [0.4, 0.5) is 0 Å². The molecule has 0 aromatic carbocycles. The van der Waals surface area contributed by atoms with Crippen LogP contribution < -0.4 is 0 Å². The Morgan fingerprint density at radius 1 is 1.50 bits per heavy atom. The zero-order chi connectivity index (χ0) is 10.1. The van der Waals surface area contributed by atoms with Gasteiger partial charge in [-0.25, -0.2) is 9.78 Å². The fourth-order valence-corrected chi connectivity index (χ4v) is 2.96. The maximum atomic E-state index is 10.6. The van der Waals surface area contributed by atoms with Crippen LogP contribution in [-0.4, -0.2) is 16.1 Å². The minimum atomic E-state index is -0.971. The maximum absolute atomic E-state index is 10.6. The molecule has 0 atom stereocenters. The van der Waals surface area contributed by atoms with Crippen molar-refractivity contribution in [3.63, 3.8) is 0 Å². The highest BCUT2D eigenvalue weighted by Crippen LogP contribution is 2.31. The average Bonchev–Trinajstić information content (AvgIpc) is 2.71. The molecule has 0 aliphatic rings. The van der Waals surface area contributed by atoms with E-state index in [4.69, 9.17) is 5.11 Å². The molecule has 2 aromatic heterocycles. The lowest BCUT2D eigenvalue weighted by atomic mass is 10.3. The molecule has 0 fully saturated rings. The molecule has 0 bridgehead atoms. The van der Waals surface area contributed by atoms with Gasteiger partial charge in [0.05, 0.1) is 4.88 Å². The molecule has 0 saturated heterocycles. The van der Waals surface area contributed by atoms with Crippen molar-refractivity contribution in [3.05, 3.63) is 28.1 Å². The summed E-state index contributed by atoms with van der Waals surface area (Å²) in [5.74, 6) is -0.971. The second-order valence-electron chi connectivity index (χ2n) is 2.78. The number of thiazole rings is 1. The lowest BCUT2D eigenvalue weighted by Crippen LogP contribution is -1.95. The average molecular weight is 225 g/mol. The number of hydrogen-bond donors (Lipinski definition) is 1. The molecule has 0 radical (unpaired) electrons. The Bertz CT molecular complexity index is 473. The SMILES string of the molecule is Cc1ccsc1-c1nc(C(=O)O)cs1. The number of carboxylic acids is 1. The first-order valence-corrected chi connectivity index (χ1v) is 5.67. The number of carbonyl (C=O) groups is 1. The van der Waals surface area contributed by atoms with Gasteiger partial charge < -0.3 is 5.11 Å². The van der Waals surface area contributed by atoms with Crippen molar-refractivity contribution >= 4 is 28.6 Å². The number of rotatable bonds is 2. The first-order chi connectivity index (χ1) is 6.68. The van der Waals surface area contributed by atoms with E-state index >= 15 is 0 Å². The van der Waals surface area contributed by atoms with E-state index in [9.17, 15) is 4.79 Å². The molecule has 2 aromatic rings. The van der Waals surface area contributed by atoms with Crippen molar-refractivity contribution in [1.82, 2.24) is 4.98 Å². The molecule has 0 aliphatic heterocycles. The first-order valence-electron chi connectivity index (χ1n) is 3.92. The van der Waals surface area contributed by atoms with Gasteiger partial charge in [0.25, 0.3) is 0 Å². The highest BCUT2D eigenvalue weighted by Gasteiger charge is 2.12. The standard InChI is InChI=1S/C9H7NO2S2/c1-5-2-3-13-7(5)8-10-6(4-14-8)9(11)12/h2-4H,1H3,(H,11,12). The molecule has 0 aliphatic carbocycles. The summed E-state index contributed by atoms with van der Waals surface area (Å²) >= 11 is 2.95. The molecule has 2 heterocycles. The number of nitrogens with zero attached hydrogens (tertiary/aromatic N) is 1. The Kier molecular flexibility index (Phi) is 2.35. The second kappa shape index (κ2) is 3.51. The van der Waals surface area contributed by atoms with Gasteiger partial charge in [-0.15, -0.1) is 22.7 Å². The van der Waals surface area contributed by atoms with Crippen molar-refractivity contribution in [3.8, 4) is 9.88 Å². The molecular weight excluding hydrogens is 218 g/mol. The highest BCUT2D eigenvalue weighted by atomic mass is 32.1. The third-order valence-corrected chi connectivity index (χ3v) is 3.79. The number of hydrogen-bond acceptors (Lipinski definition) is 4. The van der Waals surface area contributed by atoms with Gasteiger partial charge >= 0.3 is 5.97 Å². The van der Waals surface area contributed by atoms with Crippen molar-refractivity contribution in [1.29, 1.82) is 0 Å². The zero-order valence-corrected chi connectivity index (χ0v) is 8.98. The van der Waals surface area contributed by atoms with Crippen molar-refractivity contribution in [2.45, 2.75) is 6.92 Å². The summed E-state index contributed by atoms with van der Waals surface area (Å²) in [6, 6.07) is 2.00. The summed E-state index contributed by atoms with van der Waals surface area (Å²) in [6.07, 6.45) is 0. The van der Waals surface area contributed by atoms with Gasteiger partial charge in [-0.05, 0) is 23.9 Å². The third kappa shape index (κ3) is 1.56. The third-order valence-electron chi connectivity index (χ3n) is 1.78. The topological polar surface area (TPSA) is 50.2 Å². The Hall–Kier alpha value is -1.20. The fraction of sp³-hybridized carbons (Fsp3) is 0.111. The van der Waals surface area contributed by atoms with Crippen LogP contribution in [0.3, 0.4) is 0 Å². The Morgan fingerprint density at radius 2 is 2.29 bits per heavy atom. The number of thiophene rings is 1. The van der Waals surface area contributed by atoms with Gasteiger partial charge in [0, 0.05) is 5.38 Å². The molecule has 0 spiro atoms. The van der Waals surface area contributed by atoms with E-state index in [0.717, 1.165) is 15.4 Å². The van der Waals surface area contributed by atoms with Gasteiger partial charge in [0.15, 0.2) is 5.69 Å². The number of aromatic carboxylic acids is 1. The van der Waals surface area contributed by atoms with Crippen LogP contribution in [0.5, 0.6) is 0 Å². The minimum absolute atomic E-state index is 0.123. The molecule has 0 saturated carbocycles. The Morgan fingerprint density at radius 3 is 2.79 bits per heavy atom. The summed E-state index contributed by atoms with van der Waals surface area (Å²) in [5.41, 5.74) is 1.26. The van der Waals surface area contributed by atoms with Crippen molar-refractivity contribution in [2.24, 2.45) is 0 Å². The van der Waals surface area contributed by atoms with E-state index in [2.05, 4.69) is 4.98 Å². The molecule has 1 N–H and O–H groups in total. The fourth-order valence-electron chi connectivity index (χ4n) is 1.07. The van der Waals surface area contributed by atoms with Crippen LogP contribution in [-0.2, 0) is 0 Å². The van der Waals surface area contributed by atoms with Gasteiger partial charge in [0.1, 0.15) is 5.01 Å². The second-order valence-corrected chi connectivity index (χ2v) is 4.55. The summed E-state index contributed by atoms with van der Waals surface area (Å²) in [4.78, 5) is 15.7. The minimum Gasteiger partial charge on any atom is -0.476 e. The van der Waals surface area contributed by atoms with E-state index in [0.29, 0.717) is 0 Å². The predicted octanol–water partition coefficient (Wildman–Crippen LogP) is 2.88. The van der Waals surface area contributed by atoms with Gasteiger partial charge in [-0.3, -0.25) is 0 Å². The van der Waals surface area contributed by atoms with E-state index in [-0.39, 0.29) is 5.69 Å². The molecule has 2 rings (SSSR count). The first kappa shape index (κ1) is 9.36. The quantitative estimate of drug-likeness (QED) is 0.855. The molecule has 3 nitrogen and oxygen atoms in total. The molecule has 14 heavy (non-hydrogen) atoms. The van der Waals surface area contributed by atoms with Gasteiger partial charge in [-0.2, -0.15) is 0 Å². The van der Waals surface area contributed by atoms with Crippen molar-refractivity contribution in [2.75, 3.05) is 0 Å². The lowest BCUT2D eigenvalue weighted by Gasteiger charge is -1.91. The smallest absolute Gasteiger partial charge is 0.355 e. The summed E-state index contributed by atoms with van der Waals surface area (Å²) in [5, 5.41) is 13.0. The van der Waals surface area contributed by atoms with Gasteiger partial charge in [0.2, 0.25) is 0 Å². The predicted molar refractivity (Wildman–Crippen MR) is 57.1 cm³/mol. The largest absolute Gasteiger partial charge is 0.476 e. The Labute approximate surface area is 88.7 Å². The van der Waals surface area contributed by atoms with Gasteiger partial charge in [-0.1, -0.05) is 0 Å². The van der Waals surface area contributed by atoms with Crippen LogP contribution in [0.1, 0.15) is 16.1 Å². The zero-order valence-electron chi connectivity index (χ0n) is 7.35. The van der Waals surface area contributed by atoms with Crippen molar-refractivity contribution < 1.29 is 9.90 Å². The molecule has 0 unspecified atom stereocenters.